The van der Waals surface area contributed by atoms with E-state index in [4.69, 9.17) is 9.15 Å². The summed E-state index contributed by atoms with van der Waals surface area (Å²) >= 11 is 1.40. The molecule has 1 N–H and O–H groups in total. The number of alkyl carbamates (subject to hydrolysis) is 1. The van der Waals surface area contributed by atoms with E-state index in [1.165, 1.54) is 11.8 Å². The first kappa shape index (κ1) is 25.1. The van der Waals surface area contributed by atoms with Gasteiger partial charge in [0.25, 0.3) is 5.56 Å². The van der Waals surface area contributed by atoms with Crippen molar-refractivity contribution in [3.05, 3.63) is 70.5 Å². The van der Waals surface area contributed by atoms with Crippen molar-refractivity contribution in [1.82, 2.24) is 14.9 Å². The zero-order valence-electron chi connectivity index (χ0n) is 21.8. The Morgan fingerprint density at radius 2 is 1.76 bits per heavy atom. The molecule has 0 bridgehead atoms. The number of thioether (sulfide) groups is 1. The molecule has 0 radical (unpaired) electrons. The fraction of sp³-hybridized carbons (Fsp3) is 0.345. The number of aromatic nitrogens is 2. The Hall–Kier alpha value is -3.52. The summed E-state index contributed by atoms with van der Waals surface area (Å²) in [5, 5.41) is 4.16. The van der Waals surface area contributed by atoms with Crippen LogP contribution in [0.2, 0.25) is 0 Å². The normalized spacial score (nSPS) is 14.8. The molecular formula is C29H31N3O4S. The van der Waals surface area contributed by atoms with Gasteiger partial charge >= 0.3 is 6.09 Å². The van der Waals surface area contributed by atoms with E-state index in [0.717, 1.165) is 41.5 Å². The molecule has 8 heteroatoms. The molecule has 37 heavy (non-hydrogen) atoms. The molecule has 0 spiro atoms. The van der Waals surface area contributed by atoms with Gasteiger partial charge in [-0.15, -0.1) is 0 Å². The summed E-state index contributed by atoms with van der Waals surface area (Å²) in [4.78, 5) is 30.6. The van der Waals surface area contributed by atoms with Crippen molar-refractivity contribution in [2.24, 2.45) is 7.05 Å². The van der Waals surface area contributed by atoms with E-state index >= 15 is 0 Å². The maximum absolute atomic E-state index is 13.4. The van der Waals surface area contributed by atoms with Crippen molar-refractivity contribution in [3.63, 3.8) is 0 Å². The van der Waals surface area contributed by atoms with Crippen molar-refractivity contribution < 1.29 is 13.9 Å². The van der Waals surface area contributed by atoms with Crippen LogP contribution in [0.25, 0.3) is 33.6 Å². The first-order valence-electron chi connectivity index (χ1n) is 12.4. The third-order valence-electron chi connectivity index (χ3n) is 6.78. The molecule has 1 saturated carbocycles. The number of carbonyl (C=O) groups is 1. The van der Waals surface area contributed by atoms with E-state index in [2.05, 4.69) is 10.3 Å². The molecule has 1 amide bonds. The standard InChI is InChI=1S/C29H31N3O4S/c1-28(2,3)36-27(34)31-29(16-9-17-29)20-14-12-19(13-15-20)23-21(18-10-7-6-8-11-18)22-24(35-23)30-26(37-5)32(4)25(22)33/h6-8,10-15H,9,16-17H2,1-5H3,(H,31,34). The fourth-order valence-corrected chi connectivity index (χ4v) is 5.37. The molecule has 2 aromatic heterocycles. The van der Waals surface area contributed by atoms with Crippen molar-refractivity contribution in [2.75, 3.05) is 6.26 Å². The van der Waals surface area contributed by atoms with Gasteiger partial charge in [-0.1, -0.05) is 66.4 Å². The molecule has 0 atom stereocenters. The zero-order chi connectivity index (χ0) is 26.4. The number of rotatable bonds is 5. The first-order chi connectivity index (χ1) is 17.6. The molecule has 2 heterocycles. The smallest absolute Gasteiger partial charge is 0.408 e. The number of hydrogen-bond acceptors (Lipinski definition) is 6. The van der Waals surface area contributed by atoms with Gasteiger partial charge in [0, 0.05) is 18.2 Å². The van der Waals surface area contributed by atoms with Crippen molar-refractivity contribution in [2.45, 2.75) is 56.3 Å². The number of carbonyl (C=O) groups excluding carboxylic acids is 1. The van der Waals surface area contributed by atoms with E-state index in [1.807, 2.05) is 81.6 Å². The SMILES string of the molecule is CSc1nc2oc(-c3ccc(C4(NC(=O)OC(C)(C)C)CCC4)cc3)c(-c3ccccc3)c2c(=O)n1C. The quantitative estimate of drug-likeness (QED) is 0.241. The van der Waals surface area contributed by atoms with Gasteiger partial charge in [-0.05, 0) is 57.4 Å². The van der Waals surface area contributed by atoms with Crippen molar-refractivity contribution in [3.8, 4) is 22.5 Å². The highest BCUT2D eigenvalue weighted by atomic mass is 32.2. The van der Waals surface area contributed by atoms with Crippen LogP contribution in [0.3, 0.4) is 0 Å². The monoisotopic (exact) mass is 517 g/mol. The van der Waals surface area contributed by atoms with Gasteiger partial charge in [-0.2, -0.15) is 4.98 Å². The average molecular weight is 518 g/mol. The molecule has 7 nitrogen and oxygen atoms in total. The molecule has 1 fully saturated rings. The Morgan fingerprint density at radius 1 is 1.08 bits per heavy atom. The Kier molecular flexibility index (Phi) is 6.40. The summed E-state index contributed by atoms with van der Waals surface area (Å²) in [6, 6.07) is 17.8. The summed E-state index contributed by atoms with van der Waals surface area (Å²) in [6.45, 7) is 5.57. The van der Waals surface area contributed by atoms with Crippen molar-refractivity contribution in [1.29, 1.82) is 0 Å². The number of nitrogens with zero attached hydrogens (tertiary/aromatic N) is 2. The number of amides is 1. The molecule has 4 aromatic rings. The van der Waals surface area contributed by atoms with Gasteiger partial charge in [-0.3, -0.25) is 9.36 Å². The number of nitrogens with one attached hydrogen (secondary N) is 1. The van der Waals surface area contributed by atoms with E-state index in [9.17, 15) is 9.59 Å². The number of ether oxygens (including phenoxy) is 1. The van der Waals surface area contributed by atoms with E-state index in [-0.39, 0.29) is 5.56 Å². The third kappa shape index (κ3) is 4.66. The maximum atomic E-state index is 13.4. The number of hydrogen-bond donors (Lipinski definition) is 1. The van der Waals surface area contributed by atoms with Gasteiger partial charge in [0.2, 0.25) is 5.71 Å². The Labute approximate surface area is 220 Å². The minimum atomic E-state index is -0.560. The Morgan fingerprint density at radius 3 is 2.32 bits per heavy atom. The lowest BCUT2D eigenvalue weighted by molar-refractivity contribution is 0.0377. The van der Waals surface area contributed by atoms with Gasteiger partial charge in [0.15, 0.2) is 5.16 Å². The molecule has 5 rings (SSSR count). The highest BCUT2D eigenvalue weighted by molar-refractivity contribution is 7.98. The van der Waals surface area contributed by atoms with E-state index in [0.29, 0.717) is 22.0 Å². The second-order valence-electron chi connectivity index (χ2n) is 10.5. The molecular weight excluding hydrogens is 486 g/mol. The van der Waals surface area contributed by atoms with Crippen LogP contribution in [0.4, 0.5) is 4.79 Å². The summed E-state index contributed by atoms with van der Waals surface area (Å²) in [6.07, 6.45) is 4.21. The van der Waals surface area contributed by atoms with Gasteiger partial charge in [0.05, 0.1) is 5.54 Å². The Bertz CT molecular complexity index is 1510. The van der Waals surface area contributed by atoms with Crippen LogP contribution in [0.1, 0.15) is 45.6 Å². The van der Waals surface area contributed by atoms with Gasteiger partial charge < -0.3 is 14.5 Å². The highest BCUT2D eigenvalue weighted by Crippen LogP contribution is 2.43. The lowest BCUT2D eigenvalue weighted by atomic mass is 9.71. The second-order valence-corrected chi connectivity index (χ2v) is 11.2. The molecule has 1 aliphatic rings. The number of benzene rings is 2. The lowest BCUT2D eigenvalue weighted by Crippen LogP contribution is -2.52. The van der Waals surface area contributed by atoms with Crippen molar-refractivity contribution >= 4 is 29.0 Å². The number of fused-ring (bicyclic) bond motifs is 1. The largest absolute Gasteiger partial charge is 0.444 e. The summed E-state index contributed by atoms with van der Waals surface area (Å²) in [5.74, 6) is 0.596. The van der Waals surface area contributed by atoms with E-state index < -0.39 is 17.2 Å². The van der Waals surface area contributed by atoms with Crippen LogP contribution in [-0.4, -0.2) is 27.5 Å². The maximum Gasteiger partial charge on any atom is 0.408 e. The first-order valence-corrected chi connectivity index (χ1v) is 13.6. The predicted molar refractivity (Wildman–Crippen MR) is 147 cm³/mol. The summed E-state index contributed by atoms with van der Waals surface area (Å²) < 4.78 is 13.4. The minimum absolute atomic E-state index is 0.144. The van der Waals surface area contributed by atoms with Crippen LogP contribution in [0.5, 0.6) is 0 Å². The Balaban J connectivity index is 1.58. The van der Waals surface area contributed by atoms with Gasteiger partial charge in [0.1, 0.15) is 16.7 Å². The summed E-state index contributed by atoms with van der Waals surface area (Å²) in [5.41, 5.74) is 2.65. The molecule has 192 valence electrons. The van der Waals surface area contributed by atoms with Crippen LogP contribution >= 0.6 is 11.8 Å². The van der Waals surface area contributed by atoms with Crippen LogP contribution in [0, 0.1) is 0 Å². The molecule has 0 unspecified atom stereocenters. The molecule has 2 aromatic carbocycles. The third-order valence-corrected chi connectivity index (χ3v) is 7.51. The predicted octanol–water partition coefficient (Wildman–Crippen LogP) is 6.49. The fourth-order valence-electron chi connectivity index (χ4n) is 4.83. The highest BCUT2D eigenvalue weighted by Gasteiger charge is 2.41. The second kappa shape index (κ2) is 9.41. The summed E-state index contributed by atoms with van der Waals surface area (Å²) in [7, 11) is 1.73. The van der Waals surface area contributed by atoms with E-state index in [1.54, 1.807) is 11.6 Å². The molecule has 0 saturated heterocycles. The van der Waals surface area contributed by atoms with Gasteiger partial charge in [-0.25, -0.2) is 4.79 Å². The van der Waals surface area contributed by atoms with Crippen LogP contribution in [-0.2, 0) is 17.3 Å². The van der Waals surface area contributed by atoms with Crippen LogP contribution < -0.4 is 10.9 Å². The lowest BCUT2D eigenvalue weighted by Gasteiger charge is -2.43. The average Bonchev–Trinajstić information content (AvgIpc) is 3.23. The number of furan rings is 1. The minimum Gasteiger partial charge on any atom is -0.444 e. The zero-order valence-corrected chi connectivity index (χ0v) is 22.6. The molecule has 1 aliphatic carbocycles. The van der Waals surface area contributed by atoms with Crippen LogP contribution in [0.15, 0.2) is 69.0 Å². The topological polar surface area (TPSA) is 86.4 Å². The molecule has 0 aliphatic heterocycles.